The van der Waals surface area contributed by atoms with Crippen molar-refractivity contribution in [3.8, 4) is 22.4 Å². The van der Waals surface area contributed by atoms with Crippen LogP contribution in [0.2, 0.25) is 0 Å². The first-order valence-corrected chi connectivity index (χ1v) is 7.12. The second kappa shape index (κ2) is 6.00. The van der Waals surface area contributed by atoms with Crippen LogP contribution in [-0.2, 0) is 0 Å². The van der Waals surface area contributed by atoms with Crippen molar-refractivity contribution in [3.63, 3.8) is 0 Å². The number of nitrogen functional groups attached to an aromatic ring is 1. The molecule has 3 N–H and O–H groups in total. The number of anilines is 2. The maximum Gasteiger partial charge on any atom is 0.220 e. The smallest absolute Gasteiger partial charge is 0.220 e. The first kappa shape index (κ1) is 14.9. The first-order valence-electron chi connectivity index (χ1n) is 7.12. The van der Waals surface area contributed by atoms with Crippen molar-refractivity contribution < 1.29 is 4.39 Å². The predicted octanol–water partition coefficient (Wildman–Crippen LogP) is 3.28. The van der Waals surface area contributed by atoms with Crippen LogP contribution in [0.5, 0.6) is 0 Å². The van der Waals surface area contributed by atoms with Gasteiger partial charge < -0.3 is 11.1 Å². The van der Waals surface area contributed by atoms with Crippen LogP contribution >= 0.6 is 0 Å². The van der Waals surface area contributed by atoms with Gasteiger partial charge in [-0.15, -0.1) is 0 Å². The Morgan fingerprint density at radius 2 is 1.91 bits per heavy atom. The summed E-state index contributed by atoms with van der Waals surface area (Å²) in [4.78, 5) is 12.9. The first-order chi connectivity index (χ1) is 11.1. The Morgan fingerprint density at radius 1 is 1.09 bits per heavy atom. The van der Waals surface area contributed by atoms with E-state index in [1.165, 1.54) is 12.1 Å². The number of aromatic nitrogens is 3. The highest BCUT2D eigenvalue weighted by Gasteiger charge is 2.15. The number of nitrogens with one attached hydrogen (secondary N) is 1. The van der Waals surface area contributed by atoms with Crippen molar-refractivity contribution in [1.82, 2.24) is 15.0 Å². The van der Waals surface area contributed by atoms with Crippen LogP contribution in [0.3, 0.4) is 0 Å². The molecule has 0 aliphatic heterocycles. The average Bonchev–Trinajstić information content (AvgIpc) is 2.54. The molecule has 0 unspecified atom stereocenters. The van der Waals surface area contributed by atoms with Crippen molar-refractivity contribution >= 4 is 11.8 Å². The third kappa shape index (κ3) is 2.96. The summed E-state index contributed by atoms with van der Waals surface area (Å²) in [7, 11) is 1.80. The Bertz CT molecular complexity index is 846. The topological polar surface area (TPSA) is 76.7 Å². The highest BCUT2D eigenvalue weighted by Crippen LogP contribution is 2.33. The van der Waals surface area contributed by atoms with E-state index in [4.69, 9.17) is 5.73 Å². The van der Waals surface area contributed by atoms with E-state index < -0.39 is 0 Å². The number of nitrogens with zero attached hydrogens (tertiary/aromatic N) is 3. The molecule has 0 amide bonds. The Balaban J connectivity index is 2.22. The molecule has 3 rings (SSSR count). The second-order valence-electron chi connectivity index (χ2n) is 5.08. The lowest BCUT2D eigenvalue weighted by Crippen LogP contribution is -2.03. The van der Waals surface area contributed by atoms with Crippen molar-refractivity contribution in [2.24, 2.45) is 0 Å². The minimum Gasteiger partial charge on any atom is -0.373 e. The summed E-state index contributed by atoms with van der Waals surface area (Å²) in [6.45, 7) is 1.85. The number of pyridine rings is 1. The monoisotopic (exact) mass is 309 g/mol. The number of hydrogen-bond acceptors (Lipinski definition) is 5. The summed E-state index contributed by atoms with van der Waals surface area (Å²) in [6.07, 6.45) is 1.73. The Kier molecular flexibility index (Phi) is 3.89. The Hall–Kier alpha value is -3.02. The van der Waals surface area contributed by atoms with Gasteiger partial charge >= 0.3 is 0 Å². The van der Waals surface area contributed by atoms with Gasteiger partial charge in [-0.25, -0.2) is 19.3 Å². The Labute approximate surface area is 133 Å². The van der Waals surface area contributed by atoms with Crippen molar-refractivity contribution in [2.75, 3.05) is 18.1 Å². The van der Waals surface area contributed by atoms with Crippen LogP contribution in [0, 0.1) is 12.7 Å². The molecule has 0 aliphatic carbocycles. The number of aryl methyl sites for hydroxylation is 1. The minimum absolute atomic E-state index is 0.158. The van der Waals surface area contributed by atoms with Gasteiger partial charge in [0.05, 0.1) is 11.4 Å². The standard InChI is InChI=1S/C17H16FN5/c1-10-15(12-6-7-14(20-2)21-9-12)16(23-17(19)22-10)11-4-3-5-13(18)8-11/h3-9H,1-2H3,(H,20,21)(H2,19,22,23). The number of benzene rings is 1. The molecule has 0 spiro atoms. The predicted molar refractivity (Wildman–Crippen MR) is 89.4 cm³/mol. The largest absolute Gasteiger partial charge is 0.373 e. The van der Waals surface area contributed by atoms with Gasteiger partial charge in [-0.1, -0.05) is 12.1 Å². The molecular formula is C17H16FN5. The lowest BCUT2D eigenvalue weighted by molar-refractivity contribution is 0.628. The zero-order valence-corrected chi connectivity index (χ0v) is 12.8. The zero-order valence-electron chi connectivity index (χ0n) is 12.8. The molecule has 2 aromatic heterocycles. The van der Waals surface area contributed by atoms with Gasteiger partial charge in [0.2, 0.25) is 5.95 Å². The molecule has 2 heterocycles. The summed E-state index contributed by atoms with van der Waals surface area (Å²) in [5.41, 5.74) is 9.38. The maximum atomic E-state index is 13.6. The second-order valence-corrected chi connectivity index (χ2v) is 5.08. The number of rotatable bonds is 3. The van der Waals surface area contributed by atoms with E-state index in [1.807, 2.05) is 19.1 Å². The lowest BCUT2D eigenvalue weighted by Gasteiger charge is -2.13. The quantitative estimate of drug-likeness (QED) is 0.776. The molecule has 3 aromatic rings. The van der Waals surface area contributed by atoms with E-state index in [-0.39, 0.29) is 11.8 Å². The van der Waals surface area contributed by atoms with Gasteiger partial charge in [-0.2, -0.15) is 0 Å². The van der Waals surface area contributed by atoms with E-state index in [2.05, 4.69) is 20.3 Å². The van der Waals surface area contributed by atoms with Crippen molar-refractivity contribution in [1.29, 1.82) is 0 Å². The van der Waals surface area contributed by atoms with Crippen LogP contribution < -0.4 is 11.1 Å². The molecule has 0 bridgehead atoms. The van der Waals surface area contributed by atoms with Gasteiger partial charge in [0.25, 0.3) is 0 Å². The fraction of sp³-hybridized carbons (Fsp3) is 0.118. The Morgan fingerprint density at radius 3 is 2.57 bits per heavy atom. The van der Waals surface area contributed by atoms with Crippen LogP contribution in [-0.4, -0.2) is 22.0 Å². The third-order valence-corrected chi connectivity index (χ3v) is 3.51. The normalized spacial score (nSPS) is 10.6. The molecule has 23 heavy (non-hydrogen) atoms. The van der Waals surface area contributed by atoms with Gasteiger partial charge in [0.15, 0.2) is 0 Å². The molecule has 0 radical (unpaired) electrons. The molecule has 6 heteroatoms. The molecule has 0 aliphatic rings. The third-order valence-electron chi connectivity index (χ3n) is 3.51. The maximum absolute atomic E-state index is 13.6. The van der Waals surface area contributed by atoms with Crippen molar-refractivity contribution in [3.05, 3.63) is 54.1 Å². The summed E-state index contributed by atoms with van der Waals surface area (Å²) in [5, 5.41) is 2.97. The average molecular weight is 309 g/mol. The summed E-state index contributed by atoms with van der Waals surface area (Å²) >= 11 is 0. The molecule has 0 atom stereocenters. The summed E-state index contributed by atoms with van der Waals surface area (Å²) < 4.78 is 13.6. The van der Waals surface area contributed by atoms with Gasteiger partial charge in [-0.3, -0.25) is 0 Å². The van der Waals surface area contributed by atoms with Gasteiger partial charge in [0.1, 0.15) is 11.6 Å². The lowest BCUT2D eigenvalue weighted by atomic mass is 9.99. The highest BCUT2D eigenvalue weighted by molar-refractivity contribution is 5.82. The molecule has 0 saturated carbocycles. The highest BCUT2D eigenvalue weighted by atomic mass is 19.1. The SMILES string of the molecule is CNc1ccc(-c2c(C)nc(N)nc2-c2cccc(F)c2)cn1. The summed E-state index contributed by atoms with van der Waals surface area (Å²) in [5.74, 6) is 0.590. The van der Waals surface area contributed by atoms with Crippen molar-refractivity contribution in [2.45, 2.75) is 6.92 Å². The molecule has 5 nitrogen and oxygen atoms in total. The van der Waals surface area contributed by atoms with E-state index in [9.17, 15) is 4.39 Å². The molecule has 0 saturated heterocycles. The van der Waals surface area contributed by atoms with E-state index in [0.717, 1.165) is 22.6 Å². The van der Waals surface area contributed by atoms with E-state index in [1.54, 1.807) is 25.4 Å². The molecule has 116 valence electrons. The van der Waals surface area contributed by atoms with E-state index >= 15 is 0 Å². The minimum atomic E-state index is -0.327. The van der Waals surface area contributed by atoms with E-state index in [0.29, 0.717) is 11.3 Å². The summed E-state index contributed by atoms with van der Waals surface area (Å²) in [6, 6.07) is 10.0. The number of nitrogens with two attached hydrogens (primary N) is 1. The number of hydrogen-bond donors (Lipinski definition) is 2. The molecule has 1 aromatic carbocycles. The fourth-order valence-corrected chi connectivity index (χ4v) is 2.47. The van der Waals surface area contributed by atoms with Gasteiger partial charge in [-0.05, 0) is 31.2 Å². The molecular weight excluding hydrogens is 293 g/mol. The fourth-order valence-electron chi connectivity index (χ4n) is 2.47. The van der Waals surface area contributed by atoms with Gasteiger partial charge in [0, 0.05) is 29.9 Å². The van der Waals surface area contributed by atoms with Crippen LogP contribution in [0.15, 0.2) is 42.6 Å². The molecule has 0 fully saturated rings. The van der Waals surface area contributed by atoms with Crippen LogP contribution in [0.25, 0.3) is 22.4 Å². The zero-order chi connectivity index (χ0) is 16.4. The number of halogens is 1. The van der Waals surface area contributed by atoms with Crippen LogP contribution in [0.1, 0.15) is 5.69 Å². The van der Waals surface area contributed by atoms with Crippen LogP contribution in [0.4, 0.5) is 16.2 Å².